The predicted molar refractivity (Wildman–Crippen MR) is 58.2 cm³/mol. The van der Waals surface area contributed by atoms with Crippen molar-refractivity contribution in [1.29, 1.82) is 0 Å². The summed E-state index contributed by atoms with van der Waals surface area (Å²) in [6.07, 6.45) is 0.909. The average molecular weight is 218 g/mol. The fourth-order valence-corrected chi connectivity index (χ4v) is 2.87. The van der Waals surface area contributed by atoms with Crippen molar-refractivity contribution in [2.24, 2.45) is 0 Å². The highest BCUT2D eigenvalue weighted by Crippen LogP contribution is 2.33. The van der Waals surface area contributed by atoms with Crippen LogP contribution in [-0.4, -0.2) is 25.5 Å². The van der Waals surface area contributed by atoms with Gasteiger partial charge in [0, 0.05) is 16.6 Å². The molecule has 5 heteroatoms. The summed E-state index contributed by atoms with van der Waals surface area (Å²) < 4.78 is 1.84. The van der Waals surface area contributed by atoms with Gasteiger partial charge in [-0.1, -0.05) is 19.1 Å². The molecule has 1 aromatic heterocycles. The Bertz CT molecular complexity index is 494. The summed E-state index contributed by atoms with van der Waals surface area (Å²) in [5.41, 5.74) is 1.09. The molecule has 0 saturated carbocycles. The van der Waals surface area contributed by atoms with E-state index in [4.69, 9.17) is 0 Å². The quantitative estimate of drug-likeness (QED) is 0.675. The van der Waals surface area contributed by atoms with E-state index in [1.165, 1.54) is 4.90 Å². The van der Waals surface area contributed by atoms with Crippen LogP contribution in [0.2, 0.25) is 0 Å². The van der Waals surface area contributed by atoms with Gasteiger partial charge in [0.25, 0.3) is 0 Å². The van der Waals surface area contributed by atoms with E-state index in [-0.39, 0.29) is 0 Å². The summed E-state index contributed by atoms with van der Waals surface area (Å²) in [6, 6.07) is 8.24. The topological polar surface area (TPSA) is 43.6 Å². The second-order valence-corrected chi connectivity index (χ2v) is 5.09. The van der Waals surface area contributed by atoms with E-state index < -0.39 is 0 Å². The minimum atomic E-state index is 0.512. The van der Waals surface area contributed by atoms with Crippen molar-refractivity contribution >= 4 is 11.8 Å². The Kier molecular flexibility index (Phi) is 1.98. The van der Waals surface area contributed by atoms with Crippen LogP contribution in [0.4, 0.5) is 0 Å². The molecule has 1 aliphatic heterocycles. The molecule has 0 spiro atoms. The van der Waals surface area contributed by atoms with E-state index in [0.717, 1.165) is 17.9 Å². The lowest BCUT2D eigenvalue weighted by atomic mass is 10.3. The molecular formula is C10H10N4S. The first-order valence-corrected chi connectivity index (χ1v) is 5.76. The summed E-state index contributed by atoms with van der Waals surface area (Å²) >= 11 is 1.87. The molecule has 76 valence electrons. The number of fused-ring (bicyclic) bond motifs is 3. The molecule has 2 aromatic rings. The van der Waals surface area contributed by atoms with Crippen LogP contribution in [0.1, 0.15) is 12.7 Å². The lowest BCUT2D eigenvalue weighted by Gasteiger charge is -2.06. The molecular weight excluding hydrogens is 208 g/mol. The molecule has 3 rings (SSSR count). The van der Waals surface area contributed by atoms with Gasteiger partial charge in [0.05, 0.1) is 5.69 Å². The average Bonchev–Trinajstić information content (AvgIpc) is 2.62. The molecule has 0 aliphatic carbocycles. The van der Waals surface area contributed by atoms with Crippen LogP contribution in [0.15, 0.2) is 29.2 Å². The Morgan fingerprint density at radius 1 is 1.40 bits per heavy atom. The Labute approximate surface area is 91.7 Å². The number of nitrogens with zero attached hydrogens (tertiary/aromatic N) is 4. The number of benzene rings is 1. The van der Waals surface area contributed by atoms with E-state index in [1.54, 1.807) is 0 Å². The monoisotopic (exact) mass is 218 g/mol. The Morgan fingerprint density at radius 2 is 2.27 bits per heavy atom. The SMILES string of the molecule is CC1Cc2nnnn2-c2ccccc2S1. The number of thioether (sulfide) groups is 1. The summed E-state index contributed by atoms with van der Waals surface area (Å²) in [4.78, 5) is 1.25. The van der Waals surface area contributed by atoms with Gasteiger partial charge in [-0.3, -0.25) is 0 Å². The van der Waals surface area contributed by atoms with Crippen LogP contribution in [-0.2, 0) is 6.42 Å². The first-order chi connectivity index (χ1) is 7.34. The van der Waals surface area contributed by atoms with E-state index in [9.17, 15) is 0 Å². The van der Waals surface area contributed by atoms with Crippen molar-refractivity contribution in [1.82, 2.24) is 20.2 Å². The van der Waals surface area contributed by atoms with Gasteiger partial charge in [0.2, 0.25) is 0 Å². The lowest BCUT2D eigenvalue weighted by molar-refractivity contribution is 0.750. The zero-order valence-corrected chi connectivity index (χ0v) is 9.11. The molecule has 2 heterocycles. The van der Waals surface area contributed by atoms with Crippen molar-refractivity contribution in [2.75, 3.05) is 0 Å². The standard InChI is InChI=1S/C10H10N4S/c1-7-6-10-11-12-13-14(10)8-4-2-3-5-9(8)15-7/h2-5,7H,6H2,1H3. The third-order valence-electron chi connectivity index (χ3n) is 2.43. The summed E-state index contributed by atoms with van der Waals surface area (Å²) in [7, 11) is 0. The lowest BCUT2D eigenvalue weighted by Crippen LogP contribution is -2.05. The Morgan fingerprint density at radius 3 is 3.20 bits per heavy atom. The van der Waals surface area contributed by atoms with Crippen molar-refractivity contribution in [3.8, 4) is 5.69 Å². The predicted octanol–water partition coefficient (Wildman–Crippen LogP) is 1.70. The largest absolute Gasteiger partial charge is 0.196 e. The highest BCUT2D eigenvalue weighted by molar-refractivity contribution is 8.00. The van der Waals surface area contributed by atoms with Crippen LogP contribution in [0.5, 0.6) is 0 Å². The summed E-state index contributed by atoms with van der Waals surface area (Å²) in [6.45, 7) is 2.20. The molecule has 0 bridgehead atoms. The zero-order chi connectivity index (χ0) is 10.3. The maximum absolute atomic E-state index is 4.05. The molecule has 0 fully saturated rings. The van der Waals surface area contributed by atoms with Crippen molar-refractivity contribution in [3.05, 3.63) is 30.1 Å². The van der Waals surface area contributed by atoms with E-state index in [0.29, 0.717) is 5.25 Å². The van der Waals surface area contributed by atoms with Gasteiger partial charge in [-0.05, 0) is 22.6 Å². The number of para-hydroxylation sites is 1. The third-order valence-corrected chi connectivity index (χ3v) is 3.59. The van der Waals surface area contributed by atoms with Crippen LogP contribution in [0.25, 0.3) is 5.69 Å². The minimum Gasteiger partial charge on any atom is -0.196 e. The van der Waals surface area contributed by atoms with Gasteiger partial charge in [-0.15, -0.1) is 16.9 Å². The molecule has 0 radical (unpaired) electrons. The van der Waals surface area contributed by atoms with Crippen LogP contribution in [0, 0.1) is 0 Å². The molecule has 0 saturated heterocycles. The van der Waals surface area contributed by atoms with E-state index in [2.05, 4.69) is 34.6 Å². The van der Waals surface area contributed by atoms with Gasteiger partial charge in [-0.2, -0.15) is 4.68 Å². The molecule has 15 heavy (non-hydrogen) atoms. The normalized spacial score (nSPS) is 19.1. The van der Waals surface area contributed by atoms with Gasteiger partial charge in [-0.25, -0.2) is 0 Å². The maximum atomic E-state index is 4.05. The van der Waals surface area contributed by atoms with Crippen LogP contribution >= 0.6 is 11.8 Å². The van der Waals surface area contributed by atoms with Gasteiger partial charge >= 0.3 is 0 Å². The molecule has 1 aliphatic rings. The number of hydrogen-bond donors (Lipinski definition) is 0. The molecule has 1 unspecified atom stereocenters. The Balaban J connectivity index is 2.25. The van der Waals surface area contributed by atoms with Crippen molar-refractivity contribution in [3.63, 3.8) is 0 Å². The number of rotatable bonds is 0. The first kappa shape index (κ1) is 8.91. The molecule has 1 aromatic carbocycles. The maximum Gasteiger partial charge on any atom is 0.157 e. The minimum absolute atomic E-state index is 0.512. The van der Waals surface area contributed by atoms with Gasteiger partial charge < -0.3 is 0 Å². The number of aromatic nitrogens is 4. The highest BCUT2D eigenvalue weighted by atomic mass is 32.2. The molecule has 0 amide bonds. The summed E-state index contributed by atoms with van der Waals surface area (Å²) in [5.74, 6) is 0.944. The van der Waals surface area contributed by atoms with Gasteiger partial charge in [0.15, 0.2) is 5.82 Å². The van der Waals surface area contributed by atoms with Crippen LogP contribution < -0.4 is 0 Å². The van der Waals surface area contributed by atoms with Crippen LogP contribution in [0.3, 0.4) is 0 Å². The highest BCUT2D eigenvalue weighted by Gasteiger charge is 2.20. The zero-order valence-electron chi connectivity index (χ0n) is 8.29. The second kappa shape index (κ2) is 3.34. The van der Waals surface area contributed by atoms with Gasteiger partial charge in [0.1, 0.15) is 0 Å². The van der Waals surface area contributed by atoms with E-state index >= 15 is 0 Å². The molecule has 0 N–H and O–H groups in total. The number of hydrogen-bond acceptors (Lipinski definition) is 4. The third kappa shape index (κ3) is 1.43. The van der Waals surface area contributed by atoms with E-state index in [1.807, 2.05) is 28.6 Å². The van der Waals surface area contributed by atoms with Crippen molar-refractivity contribution < 1.29 is 0 Å². The van der Waals surface area contributed by atoms with Crippen molar-refractivity contribution in [2.45, 2.75) is 23.5 Å². The Hall–Kier alpha value is -1.36. The smallest absolute Gasteiger partial charge is 0.157 e. The first-order valence-electron chi connectivity index (χ1n) is 4.88. The fourth-order valence-electron chi connectivity index (χ4n) is 1.77. The number of tetrazole rings is 1. The molecule has 1 atom stereocenters. The molecule has 4 nitrogen and oxygen atoms in total. The second-order valence-electron chi connectivity index (χ2n) is 3.61. The summed E-state index contributed by atoms with van der Waals surface area (Å²) in [5, 5.41) is 12.3. The fraction of sp³-hybridized carbons (Fsp3) is 0.300.